The highest BCUT2D eigenvalue weighted by molar-refractivity contribution is 6.07. The summed E-state index contributed by atoms with van der Waals surface area (Å²) >= 11 is 0. The van der Waals surface area contributed by atoms with E-state index in [1.807, 2.05) is 30.3 Å². The summed E-state index contributed by atoms with van der Waals surface area (Å²) in [6.07, 6.45) is -1.27. The first-order chi connectivity index (χ1) is 18.2. The predicted octanol–water partition coefficient (Wildman–Crippen LogP) is 3.29. The summed E-state index contributed by atoms with van der Waals surface area (Å²) in [6, 6.07) is 14.2. The molecule has 0 saturated carbocycles. The van der Waals surface area contributed by atoms with E-state index in [1.165, 1.54) is 7.11 Å². The van der Waals surface area contributed by atoms with Gasteiger partial charge in [0.05, 0.1) is 24.7 Å². The standard InChI is InChI=1S/C29H29NO8/c1-15-25(33)21-12-8-11-20(27(21)38-26(15)18-9-6-5-7-10-18)24-22(28(34)36-4)16(2)30-17(3)23(24)29(35)37-14-19(32)13-31/h5-12,19,22,24,31-32H,13-14H2,1-4H3. The first kappa shape index (κ1) is 27.0. The summed E-state index contributed by atoms with van der Waals surface area (Å²) < 4.78 is 16.7. The molecule has 3 unspecified atom stereocenters. The van der Waals surface area contributed by atoms with E-state index in [0.29, 0.717) is 39.2 Å². The molecule has 1 aliphatic heterocycles. The number of fused-ring (bicyclic) bond motifs is 1. The SMILES string of the molecule is COC(=O)C1C(C)=NC(C)=C(C(=O)OCC(O)CO)C1c1cccc2c(=O)c(C)c(-c3ccccc3)oc12. The Hall–Kier alpha value is -4.08. The van der Waals surface area contributed by atoms with Crippen molar-refractivity contribution < 1.29 is 33.7 Å². The van der Waals surface area contributed by atoms with Crippen molar-refractivity contribution in [2.75, 3.05) is 20.3 Å². The second-order valence-electron chi connectivity index (χ2n) is 9.14. The molecule has 0 bridgehead atoms. The number of rotatable bonds is 7. The Balaban J connectivity index is 1.99. The van der Waals surface area contributed by atoms with Crippen LogP contribution in [0, 0.1) is 12.8 Å². The number of ether oxygens (including phenoxy) is 2. The van der Waals surface area contributed by atoms with E-state index in [2.05, 4.69) is 4.99 Å². The molecule has 38 heavy (non-hydrogen) atoms. The molecule has 2 aromatic carbocycles. The molecular weight excluding hydrogens is 490 g/mol. The number of aliphatic imine (C=N–C) groups is 1. The van der Waals surface area contributed by atoms with Crippen molar-refractivity contribution in [3.05, 3.63) is 81.2 Å². The van der Waals surface area contributed by atoms with Crippen molar-refractivity contribution in [1.29, 1.82) is 0 Å². The number of benzene rings is 2. The van der Waals surface area contributed by atoms with Gasteiger partial charge in [0, 0.05) is 34.0 Å². The Morgan fingerprint density at radius 3 is 2.45 bits per heavy atom. The number of hydrogen-bond donors (Lipinski definition) is 2. The van der Waals surface area contributed by atoms with E-state index in [1.54, 1.807) is 39.0 Å². The zero-order chi connectivity index (χ0) is 27.6. The van der Waals surface area contributed by atoms with Crippen molar-refractivity contribution in [1.82, 2.24) is 0 Å². The van der Waals surface area contributed by atoms with Crippen LogP contribution in [0.15, 0.2) is 74.0 Å². The molecule has 1 aliphatic rings. The van der Waals surface area contributed by atoms with E-state index in [9.17, 15) is 19.5 Å². The van der Waals surface area contributed by atoms with Crippen LogP contribution in [0.2, 0.25) is 0 Å². The highest BCUT2D eigenvalue weighted by Crippen LogP contribution is 2.43. The van der Waals surface area contributed by atoms with Crippen molar-refractivity contribution in [2.24, 2.45) is 10.9 Å². The van der Waals surface area contributed by atoms with Gasteiger partial charge in [-0.1, -0.05) is 42.5 Å². The van der Waals surface area contributed by atoms with Crippen molar-refractivity contribution >= 4 is 28.6 Å². The summed E-state index contributed by atoms with van der Waals surface area (Å²) in [7, 11) is 1.24. The fourth-order valence-electron chi connectivity index (χ4n) is 4.81. The third kappa shape index (κ3) is 4.90. The van der Waals surface area contributed by atoms with E-state index in [4.69, 9.17) is 19.0 Å². The first-order valence-corrected chi connectivity index (χ1v) is 12.1. The maximum atomic E-state index is 13.5. The molecule has 0 saturated heterocycles. The Bertz CT molecular complexity index is 1500. The molecule has 2 N–H and O–H groups in total. The number of allylic oxidation sites excluding steroid dienone is 1. The van der Waals surface area contributed by atoms with Gasteiger partial charge in [-0.05, 0) is 26.8 Å². The molecule has 1 aromatic heterocycles. The van der Waals surface area contributed by atoms with Crippen LogP contribution in [0.25, 0.3) is 22.3 Å². The van der Waals surface area contributed by atoms with Crippen LogP contribution in [0.1, 0.15) is 30.9 Å². The number of methoxy groups -OCH3 is 1. The lowest BCUT2D eigenvalue weighted by Gasteiger charge is -2.31. The lowest BCUT2D eigenvalue weighted by atomic mass is 9.75. The van der Waals surface area contributed by atoms with Gasteiger partial charge in [-0.2, -0.15) is 0 Å². The average Bonchev–Trinajstić information content (AvgIpc) is 2.92. The molecular formula is C29H29NO8. The number of aliphatic hydroxyl groups is 2. The quantitative estimate of drug-likeness (QED) is 0.454. The fraction of sp³-hybridized carbons (Fsp3) is 0.310. The zero-order valence-electron chi connectivity index (χ0n) is 21.6. The van der Waals surface area contributed by atoms with Gasteiger partial charge in [-0.25, -0.2) is 4.79 Å². The van der Waals surface area contributed by atoms with Crippen LogP contribution in [0.4, 0.5) is 0 Å². The lowest BCUT2D eigenvalue weighted by molar-refractivity contribution is -0.145. The number of aliphatic hydroxyl groups excluding tert-OH is 2. The van der Waals surface area contributed by atoms with Crippen molar-refractivity contribution in [3.63, 3.8) is 0 Å². The molecule has 198 valence electrons. The molecule has 9 heteroatoms. The van der Waals surface area contributed by atoms with E-state index < -0.39 is 43.1 Å². The number of hydrogen-bond acceptors (Lipinski definition) is 9. The Morgan fingerprint density at radius 2 is 1.79 bits per heavy atom. The highest BCUT2D eigenvalue weighted by Gasteiger charge is 2.43. The number of carbonyl (C=O) groups is 2. The fourth-order valence-corrected chi connectivity index (χ4v) is 4.81. The summed E-state index contributed by atoms with van der Waals surface area (Å²) in [5.41, 5.74) is 2.32. The van der Waals surface area contributed by atoms with Gasteiger partial charge in [0.15, 0.2) is 5.43 Å². The highest BCUT2D eigenvalue weighted by atomic mass is 16.5. The monoisotopic (exact) mass is 519 g/mol. The molecule has 3 aromatic rings. The predicted molar refractivity (Wildman–Crippen MR) is 141 cm³/mol. The molecule has 0 fully saturated rings. The van der Waals surface area contributed by atoms with Crippen LogP contribution in [-0.4, -0.2) is 54.3 Å². The van der Waals surface area contributed by atoms with E-state index in [-0.39, 0.29) is 16.6 Å². The van der Waals surface area contributed by atoms with Gasteiger partial charge < -0.3 is 24.1 Å². The second kappa shape index (κ2) is 11.1. The van der Waals surface area contributed by atoms with E-state index in [0.717, 1.165) is 0 Å². The van der Waals surface area contributed by atoms with Crippen LogP contribution in [0.3, 0.4) is 0 Å². The zero-order valence-corrected chi connectivity index (χ0v) is 21.6. The van der Waals surface area contributed by atoms with E-state index >= 15 is 0 Å². The first-order valence-electron chi connectivity index (χ1n) is 12.1. The second-order valence-corrected chi connectivity index (χ2v) is 9.14. The molecule has 3 atom stereocenters. The van der Waals surface area contributed by atoms with Gasteiger partial charge >= 0.3 is 11.9 Å². The summed E-state index contributed by atoms with van der Waals surface area (Å²) in [6.45, 7) is 3.92. The van der Waals surface area contributed by atoms with Crippen molar-refractivity contribution in [3.8, 4) is 11.3 Å². The third-order valence-corrected chi connectivity index (χ3v) is 6.67. The van der Waals surface area contributed by atoms with Gasteiger partial charge in [-0.15, -0.1) is 0 Å². The number of para-hydroxylation sites is 1. The van der Waals surface area contributed by atoms with Crippen LogP contribution in [-0.2, 0) is 19.1 Å². The molecule has 0 amide bonds. The van der Waals surface area contributed by atoms with Gasteiger partial charge in [-0.3, -0.25) is 14.6 Å². The third-order valence-electron chi connectivity index (χ3n) is 6.67. The van der Waals surface area contributed by atoms with Crippen LogP contribution < -0.4 is 5.43 Å². The Morgan fingerprint density at radius 1 is 1.08 bits per heavy atom. The minimum absolute atomic E-state index is 0.0631. The summed E-state index contributed by atoms with van der Waals surface area (Å²) in [5.74, 6) is -3.04. The summed E-state index contributed by atoms with van der Waals surface area (Å²) in [4.78, 5) is 44.3. The van der Waals surface area contributed by atoms with Crippen LogP contribution >= 0.6 is 0 Å². The van der Waals surface area contributed by atoms with Gasteiger partial charge in [0.2, 0.25) is 0 Å². The lowest BCUT2D eigenvalue weighted by Crippen LogP contribution is -2.37. The Kier molecular flexibility index (Phi) is 7.89. The number of nitrogens with zero attached hydrogens (tertiary/aromatic N) is 1. The topological polar surface area (TPSA) is 136 Å². The number of esters is 2. The largest absolute Gasteiger partial charge is 0.468 e. The smallest absolute Gasteiger partial charge is 0.336 e. The number of carbonyl (C=O) groups excluding carboxylic acids is 2. The maximum absolute atomic E-state index is 13.5. The molecule has 0 aliphatic carbocycles. The normalized spacial score (nSPS) is 18.2. The molecule has 9 nitrogen and oxygen atoms in total. The Labute approximate surface area is 219 Å². The molecule has 2 heterocycles. The van der Waals surface area contributed by atoms with Crippen LogP contribution in [0.5, 0.6) is 0 Å². The molecule has 0 spiro atoms. The van der Waals surface area contributed by atoms with Gasteiger partial charge in [0.25, 0.3) is 0 Å². The summed E-state index contributed by atoms with van der Waals surface area (Å²) in [5, 5.41) is 19.1. The molecule has 0 radical (unpaired) electrons. The maximum Gasteiger partial charge on any atom is 0.336 e. The molecule has 4 rings (SSSR count). The van der Waals surface area contributed by atoms with Gasteiger partial charge in [0.1, 0.15) is 30.0 Å². The van der Waals surface area contributed by atoms with Crippen molar-refractivity contribution in [2.45, 2.75) is 32.8 Å². The minimum atomic E-state index is -1.27. The minimum Gasteiger partial charge on any atom is -0.468 e. The average molecular weight is 520 g/mol.